The summed E-state index contributed by atoms with van der Waals surface area (Å²) < 4.78 is 5.03. The molecule has 0 saturated heterocycles. The van der Waals surface area contributed by atoms with Crippen molar-refractivity contribution in [3.05, 3.63) is 29.6 Å². The molecule has 0 spiro atoms. The molecule has 1 amide bonds. The first-order chi connectivity index (χ1) is 8.70. The van der Waals surface area contributed by atoms with Gasteiger partial charge in [0.1, 0.15) is 0 Å². The van der Waals surface area contributed by atoms with Gasteiger partial charge in [-0.3, -0.25) is 9.78 Å². The molecule has 1 aromatic heterocycles. The van der Waals surface area contributed by atoms with E-state index < -0.39 is 0 Å². The van der Waals surface area contributed by atoms with Gasteiger partial charge in [0.25, 0.3) is 5.91 Å². The van der Waals surface area contributed by atoms with E-state index in [-0.39, 0.29) is 5.91 Å². The van der Waals surface area contributed by atoms with E-state index in [4.69, 9.17) is 10.5 Å². The van der Waals surface area contributed by atoms with Gasteiger partial charge in [-0.1, -0.05) is 0 Å². The van der Waals surface area contributed by atoms with Crippen molar-refractivity contribution in [2.24, 2.45) is 5.73 Å². The highest BCUT2D eigenvalue weighted by molar-refractivity contribution is 5.95. The lowest BCUT2D eigenvalue weighted by Crippen LogP contribution is -2.36. The number of carbonyl (C=O) groups excluding carboxylic acids is 1. The van der Waals surface area contributed by atoms with Crippen LogP contribution in [0.5, 0.6) is 0 Å². The average Bonchev–Trinajstić information content (AvgIpc) is 2.39. The summed E-state index contributed by atoms with van der Waals surface area (Å²) >= 11 is 0. The Kier molecular flexibility index (Phi) is 6.32. The highest BCUT2D eigenvalue weighted by Crippen LogP contribution is 2.08. The van der Waals surface area contributed by atoms with Gasteiger partial charge in [0, 0.05) is 32.1 Å². The van der Waals surface area contributed by atoms with Gasteiger partial charge in [0.2, 0.25) is 0 Å². The smallest absolute Gasteiger partial charge is 0.255 e. The van der Waals surface area contributed by atoms with Crippen LogP contribution in [0.15, 0.2) is 18.3 Å². The molecule has 0 aliphatic heterocycles. The van der Waals surface area contributed by atoms with Crippen LogP contribution < -0.4 is 5.73 Å². The summed E-state index contributed by atoms with van der Waals surface area (Å²) in [4.78, 5) is 18.3. The Morgan fingerprint density at radius 1 is 1.50 bits per heavy atom. The lowest BCUT2D eigenvalue weighted by Gasteiger charge is -2.22. The highest BCUT2D eigenvalue weighted by atomic mass is 16.5. The molecule has 0 bridgehead atoms. The quantitative estimate of drug-likeness (QED) is 0.779. The molecule has 0 saturated carbocycles. The Balaban J connectivity index is 2.77. The van der Waals surface area contributed by atoms with Crippen molar-refractivity contribution in [3.8, 4) is 0 Å². The zero-order chi connectivity index (χ0) is 13.4. The van der Waals surface area contributed by atoms with Crippen LogP contribution in [0.4, 0.5) is 0 Å². The van der Waals surface area contributed by atoms with Crippen LogP contribution in [-0.2, 0) is 4.74 Å². The number of hydrogen-bond acceptors (Lipinski definition) is 4. The standard InChI is InChI=1S/C13H21N3O2/c1-11-12(5-3-7-15-11)13(17)16(8-4-6-14)9-10-18-2/h3,5,7H,4,6,8-10,14H2,1-2H3. The molecular formula is C13H21N3O2. The van der Waals surface area contributed by atoms with E-state index in [1.165, 1.54) is 0 Å². The van der Waals surface area contributed by atoms with Crippen molar-refractivity contribution in [3.63, 3.8) is 0 Å². The topological polar surface area (TPSA) is 68.5 Å². The number of carbonyl (C=O) groups is 1. The third-order valence-corrected chi connectivity index (χ3v) is 2.72. The summed E-state index contributed by atoms with van der Waals surface area (Å²) in [6.45, 7) is 4.15. The number of aromatic nitrogens is 1. The lowest BCUT2D eigenvalue weighted by atomic mass is 10.1. The highest BCUT2D eigenvalue weighted by Gasteiger charge is 2.17. The Labute approximate surface area is 108 Å². The third kappa shape index (κ3) is 4.09. The van der Waals surface area contributed by atoms with E-state index in [0.717, 1.165) is 12.1 Å². The van der Waals surface area contributed by atoms with Gasteiger partial charge in [-0.2, -0.15) is 0 Å². The van der Waals surface area contributed by atoms with E-state index >= 15 is 0 Å². The molecule has 0 aliphatic carbocycles. The van der Waals surface area contributed by atoms with E-state index in [9.17, 15) is 4.79 Å². The van der Waals surface area contributed by atoms with Gasteiger partial charge in [-0.25, -0.2) is 0 Å². The van der Waals surface area contributed by atoms with Gasteiger partial charge in [-0.15, -0.1) is 0 Å². The van der Waals surface area contributed by atoms with Crippen LogP contribution in [-0.4, -0.2) is 49.1 Å². The number of aryl methyl sites for hydroxylation is 1. The second kappa shape index (κ2) is 7.79. The first-order valence-corrected chi connectivity index (χ1v) is 6.10. The summed E-state index contributed by atoms with van der Waals surface area (Å²) in [7, 11) is 1.63. The predicted octanol–water partition coefficient (Wildman–Crippen LogP) is 0.827. The van der Waals surface area contributed by atoms with Gasteiger partial charge in [0.05, 0.1) is 12.2 Å². The monoisotopic (exact) mass is 251 g/mol. The molecular weight excluding hydrogens is 230 g/mol. The first-order valence-electron chi connectivity index (χ1n) is 6.10. The second-order valence-corrected chi connectivity index (χ2v) is 4.06. The molecule has 5 nitrogen and oxygen atoms in total. The van der Waals surface area contributed by atoms with Gasteiger partial charge < -0.3 is 15.4 Å². The number of nitrogens with two attached hydrogens (primary N) is 1. The molecule has 1 aromatic rings. The minimum atomic E-state index is -0.00824. The molecule has 5 heteroatoms. The van der Waals surface area contributed by atoms with Crippen LogP contribution >= 0.6 is 0 Å². The molecule has 0 atom stereocenters. The maximum absolute atomic E-state index is 12.4. The number of nitrogens with zero attached hydrogens (tertiary/aromatic N) is 2. The van der Waals surface area contributed by atoms with Gasteiger partial charge >= 0.3 is 0 Å². The number of rotatable bonds is 7. The molecule has 0 aromatic carbocycles. The third-order valence-electron chi connectivity index (χ3n) is 2.72. The summed E-state index contributed by atoms with van der Waals surface area (Å²) in [5, 5.41) is 0. The number of ether oxygens (including phenoxy) is 1. The predicted molar refractivity (Wildman–Crippen MR) is 70.4 cm³/mol. The fourth-order valence-corrected chi connectivity index (χ4v) is 1.68. The lowest BCUT2D eigenvalue weighted by molar-refractivity contribution is 0.0693. The fraction of sp³-hybridized carbons (Fsp3) is 0.538. The average molecular weight is 251 g/mol. The molecule has 1 heterocycles. The maximum atomic E-state index is 12.4. The first kappa shape index (κ1) is 14.6. The minimum Gasteiger partial charge on any atom is -0.383 e. The van der Waals surface area contributed by atoms with Crippen molar-refractivity contribution >= 4 is 5.91 Å². The van der Waals surface area contributed by atoms with Crippen molar-refractivity contribution in [1.29, 1.82) is 0 Å². The van der Waals surface area contributed by atoms with Crippen LogP contribution in [0.2, 0.25) is 0 Å². The molecule has 100 valence electrons. The summed E-state index contributed by atoms with van der Waals surface area (Å²) in [6.07, 6.45) is 2.47. The van der Waals surface area contributed by atoms with Crippen molar-refractivity contribution in [2.75, 3.05) is 33.4 Å². The Hall–Kier alpha value is -1.46. The molecule has 0 unspecified atom stereocenters. The van der Waals surface area contributed by atoms with Crippen molar-refractivity contribution < 1.29 is 9.53 Å². The number of hydrogen-bond donors (Lipinski definition) is 1. The Morgan fingerprint density at radius 2 is 2.28 bits per heavy atom. The second-order valence-electron chi connectivity index (χ2n) is 4.06. The van der Waals surface area contributed by atoms with E-state index in [0.29, 0.717) is 31.8 Å². The van der Waals surface area contributed by atoms with Gasteiger partial charge in [0.15, 0.2) is 0 Å². The van der Waals surface area contributed by atoms with E-state index in [1.54, 1.807) is 30.3 Å². The molecule has 1 rings (SSSR count). The zero-order valence-electron chi connectivity index (χ0n) is 11.1. The molecule has 0 aliphatic rings. The number of methoxy groups -OCH3 is 1. The van der Waals surface area contributed by atoms with Crippen LogP contribution in [0.1, 0.15) is 22.5 Å². The summed E-state index contributed by atoms with van der Waals surface area (Å²) in [5.41, 5.74) is 6.88. The Morgan fingerprint density at radius 3 is 2.89 bits per heavy atom. The summed E-state index contributed by atoms with van der Waals surface area (Å²) in [6, 6.07) is 3.57. The van der Waals surface area contributed by atoms with Crippen LogP contribution in [0.25, 0.3) is 0 Å². The van der Waals surface area contributed by atoms with E-state index in [1.807, 2.05) is 6.92 Å². The van der Waals surface area contributed by atoms with Crippen molar-refractivity contribution in [2.45, 2.75) is 13.3 Å². The molecule has 0 fully saturated rings. The maximum Gasteiger partial charge on any atom is 0.255 e. The van der Waals surface area contributed by atoms with Gasteiger partial charge in [-0.05, 0) is 32.0 Å². The normalized spacial score (nSPS) is 10.4. The number of amides is 1. The largest absolute Gasteiger partial charge is 0.383 e. The summed E-state index contributed by atoms with van der Waals surface area (Å²) in [5.74, 6) is -0.00824. The van der Waals surface area contributed by atoms with E-state index in [2.05, 4.69) is 4.98 Å². The zero-order valence-corrected chi connectivity index (χ0v) is 11.1. The molecule has 18 heavy (non-hydrogen) atoms. The van der Waals surface area contributed by atoms with Crippen LogP contribution in [0.3, 0.4) is 0 Å². The van der Waals surface area contributed by atoms with Crippen LogP contribution in [0, 0.1) is 6.92 Å². The molecule has 0 radical (unpaired) electrons. The SMILES string of the molecule is COCCN(CCCN)C(=O)c1cccnc1C. The number of pyridine rings is 1. The minimum absolute atomic E-state index is 0.00824. The molecule has 2 N–H and O–H groups in total. The fourth-order valence-electron chi connectivity index (χ4n) is 1.68. The van der Waals surface area contributed by atoms with Crippen molar-refractivity contribution in [1.82, 2.24) is 9.88 Å². The Bertz CT molecular complexity index is 374.